The van der Waals surface area contributed by atoms with Crippen LogP contribution in [0.3, 0.4) is 0 Å². The predicted molar refractivity (Wildman–Crippen MR) is 87.8 cm³/mol. The Labute approximate surface area is 126 Å². The van der Waals surface area contributed by atoms with E-state index in [1.54, 1.807) is 0 Å². The molecule has 0 aliphatic carbocycles. The van der Waals surface area contributed by atoms with Crippen LogP contribution in [-0.2, 0) is 13.0 Å². The zero-order valence-electron chi connectivity index (χ0n) is 12.9. The van der Waals surface area contributed by atoms with Crippen molar-refractivity contribution in [1.29, 1.82) is 0 Å². The molecule has 1 N–H and O–H groups in total. The number of hydrogen-bond donors (Lipinski definition) is 1. The first-order valence-corrected chi connectivity index (χ1v) is 7.23. The van der Waals surface area contributed by atoms with Crippen molar-refractivity contribution < 1.29 is 4.79 Å². The highest BCUT2D eigenvalue weighted by molar-refractivity contribution is 5.94. The average Bonchev–Trinajstić information content (AvgIpc) is 2.53. The number of hydrogen-bond acceptors (Lipinski definition) is 2. The van der Waals surface area contributed by atoms with Crippen molar-refractivity contribution in [3.05, 3.63) is 65.2 Å². The second-order valence-corrected chi connectivity index (χ2v) is 5.29. The number of carbonyl (C=O) groups excluding carboxylic acids is 1. The number of nitrogens with zero attached hydrogens (tertiary/aromatic N) is 1. The Morgan fingerprint density at radius 2 is 1.52 bits per heavy atom. The van der Waals surface area contributed by atoms with Gasteiger partial charge in [0.05, 0.1) is 0 Å². The zero-order chi connectivity index (χ0) is 15.2. The molecule has 0 spiro atoms. The molecule has 2 aromatic rings. The van der Waals surface area contributed by atoms with E-state index in [4.69, 9.17) is 0 Å². The third kappa shape index (κ3) is 4.09. The van der Waals surface area contributed by atoms with Gasteiger partial charge in [0.25, 0.3) is 5.91 Å². The molecule has 3 heteroatoms. The Bertz CT molecular complexity index is 586. The lowest BCUT2D eigenvalue weighted by Gasteiger charge is -2.13. The molecule has 0 radical (unpaired) electrons. The quantitative estimate of drug-likeness (QED) is 0.913. The van der Waals surface area contributed by atoms with Crippen molar-refractivity contribution in [3.63, 3.8) is 0 Å². The van der Waals surface area contributed by atoms with Crippen LogP contribution in [0.2, 0.25) is 0 Å². The maximum absolute atomic E-state index is 12.1. The van der Waals surface area contributed by atoms with Gasteiger partial charge in [-0.15, -0.1) is 0 Å². The van der Waals surface area contributed by atoms with E-state index in [1.165, 1.54) is 5.56 Å². The molecule has 110 valence electrons. The standard InChI is InChI=1S/C18H22N2O/c1-4-14-5-9-16(10-6-14)18(21)19-13-15-7-11-17(12-8-15)20(2)3/h5-12H,4,13H2,1-3H3,(H,19,21). The summed E-state index contributed by atoms with van der Waals surface area (Å²) in [5, 5.41) is 2.95. The molecule has 0 saturated heterocycles. The number of rotatable bonds is 5. The maximum Gasteiger partial charge on any atom is 0.251 e. The molecular formula is C18H22N2O. The highest BCUT2D eigenvalue weighted by Crippen LogP contribution is 2.12. The minimum atomic E-state index is -0.0330. The van der Waals surface area contributed by atoms with Gasteiger partial charge in [-0.1, -0.05) is 31.2 Å². The molecule has 0 unspecified atom stereocenters. The van der Waals surface area contributed by atoms with E-state index in [0.717, 1.165) is 17.7 Å². The van der Waals surface area contributed by atoms with Crippen LogP contribution in [0.4, 0.5) is 5.69 Å². The van der Waals surface area contributed by atoms with Crippen molar-refractivity contribution in [1.82, 2.24) is 5.32 Å². The Hall–Kier alpha value is -2.29. The third-order valence-corrected chi connectivity index (χ3v) is 3.53. The predicted octanol–water partition coefficient (Wildman–Crippen LogP) is 3.25. The fourth-order valence-electron chi connectivity index (χ4n) is 2.09. The number of benzene rings is 2. The summed E-state index contributed by atoms with van der Waals surface area (Å²) in [7, 11) is 4.02. The van der Waals surface area contributed by atoms with E-state index < -0.39 is 0 Å². The SMILES string of the molecule is CCc1ccc(C(=O)NCc2ccc(N(C)C)cc2)cc1. The van der Waals surface area contributed by atoms with Crippen molar-refractivity contribution in [2.45, 2.75) is 19.9 Å². The highest BCUT2D eigenvalue weighted by Gasteiger charge is 2.05. The van der Waals surface area contributed by atoms with Gasteiger partial charge < -0.3 is 10.2 Å². The summed E-state index contributed by atoms with van der Waals surface area (Å²) in [5.74, 6) is -0.0330. The van der Waals surface area contributed by atoms with Crippen LogP contribution in [-0.4, -0.2) is 20.0 Å². The number of nitrogens with one attached hydrogen (secondary N) is 1. The second kappa shape index (κ2) is 6.93. The molecule has 2 aromatic carbocycles. The fourth-order valence-corrected chi connectivity index (χ4v) is 2.09. The van der Waals surface area contributed by atoms with Crippen LogP contribution >= 0.6 is 0 Å². The van der Waals surface area contributed by atoms with Crippen LogP contribution < -0.4 is 10.2 Å². The number of amides is 1. The fraction of sp³-hybridized carbons (Fsp3) is 0.278. The second-order valence-electron chi connectivity index (χ2n) is 5.29. The van der Waals surface area contributed by atoms with Crippen LogP contribution in [0.25, 0.3) is 0 Å². The van der Waals surface area contributed by atoms with Gasteiger partial charge in [-0.05, 0) is 41.8 Å². The molecule has 0 aromatic heterocycles. The topological polar surface area (TPSA) is 32.3 Å². The molecule has 3 nitrogen and oxygen atoms in total. The first-order valence-electron chi connectivity index (χ1n) is 7.23. The molecule has 21 heavy (non-hydrogen) atoms. The van der Waals surface area contributed by atoms with Crippen molar-refractivity contribution in [2.24, 2.45) is 0 Å². The number of carbonyl (C=O) groups is 1. The van der Waals surface area contributed by atoms with Gasteiger partial charge in [0.15, 0.2) is 0 Å². The Balaban J connectivity index is 1.93. The highest BCUT2D eigenvalue weighted by atomic mass is 16.1. The number of anilines is 1. The minimum absolute atomic E-state index is 0.0330. The smallest absolute Gasteiger partial charge is 0.251 e. The summed E-state index contributed by atoms with van der Waals surface area (Å²) in [6.07, 6.45) is 0.986. The molecule has 0 heterocycles. The van der Waals surface area contributed by atoms with E-state index in [-0.39, 0.29) is 5.91 Å². The van der Waals surface area contributed by atoms with Crippen molar-refractivity contribution in [3.8, 4) is 0 Å². The largest absolute Gasteiger partial charge is 0.378 e. The van der Waals surface area contributed by atoms with Crippen molar-refractivity contribution in [2.75, 3.05) is 19.0 Å². The van der Waals surface area contributed by atoms with Crippen molar-refractivity contribution >= 4 is 11.6 Å². The number of aryl methyl sites for hydroxylation is 1. The maximum atomic E-state index is 12.1. The van der Waals surface area contributed by atoms with Gasteiger partial charge in [0.2, 0.25) is 0 Å². The molecule has 0 fully saturated rings. The molecule has 0 atom stereocenters. The Kier molecular flexibility index (Phi) is 4.99. The lowest BCUT2D eigenvalue weighted by Crippen LogP contribution is -2.22. The van der Waals surface area contributed by atoms with Gasteiger partial charge in [-0.2, -0.15) is 0 Å². The van der Waals surface area contributed by atoms with Gasteiger partial charge in [0.1, 0.15) is 0 Å². The summed E-state index contributed by atoms with van der Waals surface area (Å²) < 4.78 is 0. The lowest BCUT2D eigenvalue weighted by molar-refractivity contribution is 0.0951. The summed E-state index contributed by atoms with van der Waals surface area (Å²) in [6.45, 7) is 2.65. The molecule has 0 bridgehead atoms. The summed E-state index contributed by atoms with van der Waals surface area (Å²) in [4.78, 5) is 14.1. The van der Waals surface area contributed by atoms with Gasteiger partial charge in [-0.25, -0.2) is 0 Å². The van der Waals surface area contributed by atoms with Gasteiger partial charge in [0, 0.05) is 31.9 Å². The van der Waals surface area contributed by atoms with Crippen LogP contribution in [0.1, 0.15) is 28.4 Å². The first-order chi connectivity index (χ1) is 10.1. The summed E-state index contributed by atoms with van der Waals surface area (Å²) in [5.41, 5.74) is 4.20. The van der Waals surface area contributed by atoms with E-state index >= 15 is 0 Å². The third-order valence-electron chi connectivity index (χ3n) is 3.53. The van der Waals surface area contributed by atoms with E-state index in [2.05, 4.69) is 29.3 Å². The molecular weight excluding hydrogens is 260 g/mol. The van der Waals surface area contributed by atoms with Crippen LogP contribution in [0.5, 0.6) is 0 Å². The summed E-state index contributed by atoms with van der Waals surface area (Å²) in [6, 6.07) is 15.9. The zero-order valence-corrected chi connectivity index (χ0v) is 12.9. The molecule has 1 amide bonds. The van der Waals surface area contributed by atoms with Crippen LogP contribution in [0.15, 0.2) is 48.5 Å². The molecule has 0 aliphatic heterocycles. The summed E-state index contributed by atoms with van der Waals surface area (Å²) >= 11 is 0. The first kappa shape index (κ1) is 15.1. The molecule has 0 aliphatic rings. The monoisotopic (exact) mass is 282 g/mol. The lowest BCUT2D eigenvalue weighted by atomic mass is 10.1. The molecule has 0 saturated carbocycles. The van der Waals surface area contributed by atoms with Gasteiger partial charge in [-0.3, -0.25) is 4.79 Å². The minimum Gasteiger partial charge on any atom is -0.378 e. The Morgan fingerprint density at radius 3 is 2.05 bits per heavy atom. The molecule has 2 rings (SSSR count). The van der Waals surface area contributed by atoms with E-state index in [1.807, 2.05) is 50.5 Å². The Morgan fingerprint density at radius 1 is 0.952 bits per heavy atom. The normalized spacial score (nSPS) is 10.2. The van der Waals surface area contributed by atoms with E-state index in [0.29, 0.717) is 12.1 Å². The average molecular weight is 282 g/mol. The van der Waals surface area contributed by atoms with E-state index in [9.17, 15) is 4.79 Å². The van der Waals surface area contributed by atoms with Gasteiger partial charge >= 0.3 is 0 Å². The van der Waals surface area contributed by atoms with Crippen LogP contribution in [0, 0.1) is 0 Å².